The van der Waals surface area contributed by atoms with E-state index in [1.54, 1.807) is 19.1 Å². The molecule has 0 saturated carbocycles. The fourth-order valence-electron chi connectivity index (χ4n) is 2.20. The van der Waals surface area contributed by atoms with E-state index < -0.39 is 22.0 Å². The molecule has 1 atom stereocenters. The van der Waals surface area contributed by atoms with Crippen LogP contribution in [0.4, 0.5) is 4.39 Å². The van der Waals surface area contributed by atoms with E-state index in [9.17, 15) is 17.6 Å². The Labute approximate surface area is 140 Å². The van der Waals surface area contributed by atoms with E-state index in [-0.39, 0.29) is 11.6 Å². The number of rotatable bonds is 6. The van der Waals surface area contributed by atoms with Gasteiger partial charge >= 0.3 is 5.97 Å². The molecule has 0 aliphatic carbocycles. The van der Waals surface area contributed by atoms with Gasteiger partial charge in [-0.1, -0.05) is 24.3 Å². The van der Waals surface area contributed by atoms with Gasteiger partial charge in [0.2, 0.25) is 10.0 Å². The summed E-state index contributed by atoms with van der Waals surface area (Å²) >= 11 is 0. The molecule has 0 radical (unpaired) electrons. The van der Waals surface area contributed by atoms with Crippen LogP contribution in [-0.4, -0.2) is 21.5 Å². The molecule has 0 aliphatic heterocycles. The zero-order valence-electron chi connectivity index (χ0n) is 13.3. The van der Waals surface area contributed by atoms with E-state index in [0.29, 0.717) is 16.7 Å². The van der Waals surface area contributed by atoms with Crippen molar-refractivity contribution in [2.75, 3.05) is 7.11 Å². The molecule has 0 amide bonds. The van der Waals surface area contributed by atoms with Crippen LogP contribution in [0.1, 0.15) is 34.5 Å². The lowest BCUT2D eigenvalue weighted by Crippen LogP contribution is -2.28. The smallest absolute Gasteiger partial charge is 0.337 e. The van der Waals surface area contributed by atoms with Gasteiger partial charge in [-0.15, -0.1) is 0 Å². The molecule has 1 N–H and O–H groups in total. The predicted molar refractivity (Wildman–Crippen MR) is 88.4 cm³/mol. The van der Waals surface area contributed by atoms with Crippen LogP contribution in [0.25, 0.3) is 0 Å². The number of ether oxygens (including phenoxy) is 1. The van der Waals surface area contributed by atoms with Gasteiger partial charge in [0.25, 0.3) is 0 Å². The van der Waals surface area contributed by atoms with Crippen LogP contribution < -0.4 is 4.72 Å². The van der Waals surface area contributed by atoms with Crippen LogP contribution in [0, 0.1) is 5.82 Å². The molecule has 2 rings (SSSR count). The van der Waals surface area contributed by atoms with E-state index in [0.717, 1.165) is 0 Å². The number of carbonyl (C=O) groups excluding carboxylic acids is 1. The minimum absolute atomic E-state index is 0.222. The van der Waals surface area contributed by atoms with Crippen molar-refractivity contribution in [1.82, 2.24) is 4.72 Å². The molecule has 2 aromatic carbocycles. The van der Waals surface area contributed by atoms with Gasteiger partial charge in [-0.25, -0.2) is 22.3 Å². The number of hydrogen-bond donors (Lipinski definition) is 1. The largest absolute Gasteiger partial charge is 0.465 e. The highest BCUT2D eigenvalue weighted by molar-refractivity contribution is 7.88. The summed E-state index contributed by atoms with van der Waals surface area (Å²) in [6.07, 6.45) is 0. The van der Waals surface area contributed by atoms with Gasteiger partial charge in [-0.2, -0.15) is 0 Å². The zero-order chi connectivity index (χ0) is 17.7. The summed E-state index contributed by atoms with van der Waals surface area (Å²) in [5.74, 6) is -1.08. The zero-order valence-corrected chi connectivity index (χ0v) is 14.1. The highest BCUT2D eigenvalue weighted by atomic mass is 32.2. The Kier molecular flexibility index (Phi) is 5.69. The van der Waals surface area contributed by atoms with Crippen molar-refractivity contribution in [3.8, 4) is 0 Å². The minimum Gasteiger partial charge on any atom is -0.465 e. The number of hydrogen-bond acceptors (Lipinski definition) is 4. The first-order chi connectivity index (χ1) is 11.3. The second kappa shape index (κ2) is 7.55. The van der Waals surface area contributed by atoms with Gasteiger partial charge in [0.1, 0.15) is 5.82 Å². The quantitative estimate of drug-likeness (QED) is 0.812. The van der Waals surface area contributed by atoms with Crippen molar-refractivity contribution in [1.29, 1.82) is 0 Å². The molecule has 5 nitrogen and oxygen atoms in total. The standard InChI is InChI=1S/C17H18FNO4S/c1-12(14-7-9-16(18)10-8-14)19-24(21,22)11-13-3-5-15(6-4-13)17(20)23-2/h3-10,12,19H,11H2,1-2H3/t12-/m0/s1. The molecule has 0 heterocycles. The normalized spacial score (nSPS) is 12.6. The number of benzene rings is 2. The molecule has 0 fully saturated rings. The molecule has 0 saturated heterocycles. The summed E-state index contributed by atoms with van der Waals surface area (Å²) in [4.78, 5) is 11.4. The Morgan fingerprint density at radius 2 is 1.71 bits per heavy atom. The molecule has 7 heteroatoms. The highest BCUT2D eigenvalue weighted by Crippen LogP contribution is 2.16. The molecule has 0 aromatic heterocycles. The summed E-state index contributed by atoms with van der Waals surface area (Å²) in [5, 5.41) is 0. The van der Waals surface area contributed by atoms with Gasteiger partial charge in [-0.3, -0.25) is 0 Å². The molecule has 2 aromatic rings. The number of nitrogens with one attached hydrogen (secondary N) is 1. The number of methoxy groups -OCH3 is 1. The summed E-state index contributed by atoms with van der Waals surface area (Å²) in [5.41, 5.74) is 1.56. The first-order valence-electron chi connectivity index (χ1n) is 7.23. The molecule has 0 aliphatic rings. The lowest BCUT2D eigenvalue weighted by molar-refractivity contribution is 0.0600. The third-order valence-corrected chi connectivity index (χ3v) is 4.88. The summed E-state index contributed by atoms with van der Waals surface area (Å²) in [6.45, 7) is 1.69. The second-order valence-corrected chi connectivity index (χ2v) is 7.09. The molecule has 0 unspecified atom stereocenters. The Balaban J connectivity index is 2.05. The Morgan fingerprint density at radius 1 is 1.12 bits per heavy atom. The van der Waals surface area contributed by atoms with Crippen LogP contribution in [0.15, 0.2) is 48.5 Å². The monoisotopic (exact) mass is 351 g/mol. The van der Waals surface area contributed by atoms with Crippen LogP contribution in [0.3, 0.4) is 0 Å². The highest BCUT2D eigenvalue weighted by Gasteiger charge is 2.17. The summed E-state index contributed by atoms with van der Waals surface area (Å²) in [6, 6.07) is 11.3. The first-order valence-corrected chi connectivity index (χ1v) is 8.88. The van der Waals surface area contributed by atoms with E-state index in [2.05, 4.69) is 9.46 Å². The van der Waals surface area contributed by atoms with E-state index in [4.69, 9.17) is 0 Å². The number of halogens is 1. The van der Waals surface area contributed by atoms with E-state index in [1.165, 1.54) is 43.5 Å². The fourth-order valence-corrected chi connectivity index (χ4v) is 3.59. The van der Waals surface area contributed by atoms with E-state index in [1.807, 2.05) is 0 Å². The van der Waals surface area contributed by atoms with Crippen molar-refractivity contribution in [3.05, 3.63) is 71.0 Å². The second-order valence-electron chi connectivity index (χ2n) is 5.34. The Hall–Kier alpha value is -2.25. The maximum absolute atomic E-state index is 12.9. The maximum atomic E-state index is 12.9. The molecule has 0 spiro atoms. The molecular weight excluding hydrogens is 333 g/mol. The van der Waals surface area contributed by atoms with Gasteiger partial charge in [0.15, 0.2) is 0 Å². The summed E-state index contributed by atoms with van der Waals surface area (Å²) in [7, 11) is -2.31. The molecule has 0 bridgehead atoms. The third-order valence-electron chi connectivity index (χ3n) is 3.46. The van der Waals surface area contributed by atoms with Crippen molar-refractivity contribution in [3.63, 3.8) is 0 Å². The molecular formula is C17H18FNO4S. The van der Waals surface area contributed by atoms with Crippen molar-refractivity contribution in [2.24, 2.45) is 0 Å². The Bertz CT molecular complexity index is 801. The average molecular weight is 351 g/mol. The van der Waals surface area contributed by atoms with Crippen LogP contribution >= 0.6 is 0 Å². The van der Waals surface area contributed by atoms with Crippen molar-refractivity contribution < 1.29 is 22.3 Å². The minimum atomic E-state index is -3.59. The average Bonchev–Trinajstić information content (AvgIpc) is 2.54. The molecule has 24 heavy (non-hydrogen) atoms. The lowest BCUT2D eigenvalue weighted by Gasteiger charge is -2.15. The van der Waals surface area contributed by atoms with Gasteiger partial charge in [0, 0.05) is 6.04 Å². The van der Waals surface area contributed by atoms with Gasteiger partial charge in [0.05, 0.1) is 18.4 Å². The van der Waals surface area contributed by atoms with Crippen molar-refractivity contribution in [2.45, 2.75) is 18.7 Å². The van der Waals surface area contributed by atoms with Crippen LogP contribution in [0.2, 0.25) is 0 Å². The van der Waals surface area contributed by atoms with Gasteiger partial charge in [-0.05, 0) is 42.3 Å². The van der Waals surface area contributed by atoms with Gasteiger partial charge < -0.3 is 4.74 Å². The summed E-state index contributed by atoms with van der Waals surface area (Å²) < 4.78 is 44.6. The number of sulfonamides is 1. The fraction of sp³-hybridized carbons (Fsp3) is 0.235. The van der Waals surface area contributed by atoms with Crippen LogP contribution in [-0.2, 0) is 20.5 Å². The van der Waals surface area contributed by atoms with E-state index >= 15 is 0 Å². The number of carbonyl (C=O) groups is 1. The topological polar surface area (TPSA) is 72.5 Å². The third kappa shape index (κ3) is 4.87. The lowest BCUT2D eigenvalue weighted by atomic mass is 10.1. The predicted octanol–water partition coefficient (Wildman–Crippen LogP) is 2.79. The maximum Gasteiger partial charge on any atom is 0.337 e. The van der Waals surface area contributed by atoms with Crippen LogP contribution in [0.5, 0.6) is 0 Å². The first kappa shape index (κ1) is 18.1. The van der Waals surface area contributed by atoms with Crippen molar-refractivity contribution >= 4 is 16.0 Å². The number of esters is 1. The Morgan fingerprint density at radius 3 is 2.25 bits per heavy atom. The SMILES string of the molecule is COC(=O)c1ccc(CS(=O)(=O)N[C@@H](C)c2ccc(F)cc2)cc1. The molecule has 128 valence electrons.